The van der Waals surface area contributed by atoms with E-state index in [1.807, 2.05) is 13.0 Å². The van der Waals surface area contributed by atoms with Crippen LogP contribution < -0.4 is 0 Å². The van der Waals surface area contributed by atoms with Gasteiger partial charge in [0.25, 0.3) is 0 Å². The first-order chi connectivity index (χ1) is 12.4. The highest BCUT2D eigenvalue weighted by atomic mass is 16.1. The van der Waals surface area contributed by atoms with Crippen molar-refractivity contribution in [2.45, 2.75) is 13.8 Å². The van der Waals surface area contributed by atoms with Crippen molar-refractivity contribution in [2.24, 2.45) is 0 Å². The fourth-order valence-electron chi connectivity index (χ4n) is 2.84. The molecule has 4 nitrogen and oxygen atoms in total. The molecule has 4 rings (SSSR count). The van der Waals surface area contributed by atoms with E-state index in [0.717, 1.165) is 5.56 Å². The van der Waals surface area contributed by atoms with Crippen molar-refractivity contribution < 1.29 is 19.2 Å². The SMILES string of the molecule is CC1=CC(=O)C=CC1=O.Cc1ccc2c(c1)C(=O)c1ccccc1C2=O. The zero-order chi connectivity index (χ0) is 18.8. The number of hydrogen-bond donors (Lipinski definition) is 0. The highest BCUT2D eigenvalue weighted by Crippen LogP contribution is 2.27. The number of ketones is 4. The molecule has 4 heteroatoms. The first-order valence-electron chi connectivity index (χ1n) is 8.12. The fraction of sp³-hybridized carbons (Fsp3) is 0.0909. The van der Waals surface area contributed by atoms with Gasteiger partial charge < -0.3 is 0 Å². The Bertz CT molecular complexity index is 1020. The lowest BCUT2D eigenvalue weighted by molar-refractivity contribution is -0.114. The van der Waals surface area contributed by atoms with E-state index in [1.165, 1.54) is 18.2 Å². The second-order valence-corrected chi connectivity index (χ2v) is 6.18. The third-order valence-corrected chi connectivity index (χ3v) is 4.23. The van der Waals surface area contributed by atoms with Crippen LogP contribution in [0.15, 0.2) is 66.3 Å². The van der Waals surface area contributed by atoms with Crippen LogP contribution in [0.1, 0.15) is 44.3 Å². The van der Waals surface area contributed by atoms with E-state index >= 15 is 0 Å². The summed E-state index contributed by atoms with van der Waals surface area (Å²) in [5.41, 5.74) is 3.56. The number of fused-ring (bicyclic) bond motifs is 2. The summed E-state index contributed by atoms with van der Waals surface area (Å²) in [5.74, 6) is -0.296. The molecule has 0 radical (unpaired) electrons. The minimum atomic E-state index is -0.105. The van der Waals surface area contributed by atoms with Crippen LogP contribution in [0, 0.1) is 6.92 Å². The van der Waals surface area contributed by atoms with Gasteiger partial charge in [0.15, 0.2) is 23.1 Å². The van der Waals surface area contributed by atoms with Crippen molar-refractivity contribution in [1.82, 2.24) is 0 Å². The molecule has 0 amide bonds. The Morgan fingerprint density at radius 2 is 1.23 bits per heavy atom. The van der Waals surface area contributed by atoms with Crippen molar-refractivity contribution in [3.8, 4) is 0 Å². The summed E-state index contributed by atoms with van der Waals surface area (Å²) in [4.78, 5) is 45.6. The molecule has 0 unspecified atom stereocenters. The van der Waals surface area contributed by atoms with Crippen LogP contribution in [-0.2, 0) is 9.59 Å². The van der Waals surface area contributed by atoms with Gasteiger partial charge in [-0.2, -0.15) is 0 Å². The fourth-order valence-corrected chi connectivity index (χ4v) is 2.84. The first-order valence-corrected chi connectivity index (χ1v) is 8.12. The van der Waals surface area contributed by atoms with Crippen molar-refractivity contribution >= 4 is 23.1 Å². The largest absolute Gasteiger partial charge is 0.290 e. The van der Waals surface area contributed by atoms with E-state index in [9.17, 15) is 19.2 Å². The lowest BCUT2D eigenvalue weighted by Crippen LogP contribution is -2.20. The summed E-state index contributed by atoms with van der Waals surface area (Å²) in [6, 6.07) is 12.4. The second kappa shape index (κ2) is 6.84. The Labute approximate surface area is 150 Å². The summed E-state index contributed by atoms with van der Waals surface area (Å²) >= 11 is 0. The maximum absolute atomic E-state index is 12.3. The number of benzene rings is 2. The first kappa shape index (κ1) is 17.4. The average Bonchev–Trinajstić information content (AvgIpc) is 2.63. The minimum absolute atomic E-state index is 0.0566. The maximum atomic E-state index is 12.3. The molecule has 128 valence electrons. The molecule has 2 aliphatic rings. The maximum Gasteiger partial charge on any atom is 0.194 e. The highest BCUT2D eigenvalue weighted by Gasteiger charge is 2.28. The van der Waals surface area contributed by atoms with Crippen molar-refractivity contribution in [3.05, 3.63) is 94.1 Å². The van der Waals surface area contributed by atoms with Gasteiger partial charge in [-0.1, -0.05) is 42.0 Å². The highest BCUT2D eigenvalue weighted by molar-refractivity contribution is 6.28. The molecule has 26 heavy (non-hydrogen) atoms. The standard InChI is InChI=1S/C15H10O2.C7H6O2/c1-9-6-7-12-13(8-9)15(17)11-5-3-2-4-10(11)14(12)16;1-5-4-6(8)2-3-7(5)9/h2-8H,1H3;2-4H,1H3. The number of carbonyl (C=O) groups is 4. The molecular formula is C22H16O4. The number of rotatable bonds is 0. The summed E-state index contributed by atoms with van der Waals surface area (Å²) in [5, 5.41) is 0. The predicted octanol–water partition coefficient (Wildman–Crippen LogP) is 3.41. The number of carbonyl (C=O) groups excluding carboxylic acids is 4. The normalized spacial score (nSPS) is 14.9. The molecule has 2 aromatic rings. The molecule has 0 heterocycles. The Hall–Kier alpha value is -3.40. The van der Waals surface area contributed by atoms with Gasteiger partial charge in [-0.15, -0.1) is 0 Å². The monoisotopic (exact) mass is 344 g/mol. The van der Waals surface area contributed by atoms with Gasteiger partial charge in [-0.25, -0.2) is 0 Å². The third-order valence-electron chi connectivity index (χ3n) is 4.23. The quantitative estimate of drug-likeness (QED) is 0.586. The Morgan fingerprint density at radius 3 is 1.81 bits per heavy atom. The topological polar surface area (TPSA) is 68.3 Å². The summed E-state index contributed by atoms with van der Waals surface area (Å²) < 4.78 is 0. The van der Waals surface area contributed by atoms with E-state index in [4.69, 9.17) is 0 Å². The molecule has 0 saturated heterocycles. The van der Waals surface area contributed by atoms with E-state index in [0.29, 0.717) is 27.8 Å². The Morgan fingerprint density at radius 1 is 0.654 bits per heavy atom. The van der Waals surface area contributed by atoms with E-state index in [-0.39, 0.29) is 23.1 Å². The second-order valence-electron chi connectivity index (χ2n) is 6.18. The molecule has 0 bridgehead atoms. The van der Waals surface area contributed by atoms with Crippen LogP contribution in [0.5, 0.6) is 0 Å². The van der Waals surface area contributed by atoms with Gasteiger partial charge >= 0.3 is 0 Å². The van der Waals surface area contributed by atoms with Gasteiger partial charge in [0, 0.05) is 27.8 Å². The van der Waals surface area contributed by atoms with Crippen LogP contribution in [0.4, 0.5) is 0 Å². The Kier molecular flexibility index (Phi) is 4.59. The number of allylic oxidation sites excluding steroid dienone is 4. The molecule has 0 N–H and O–H groups in total. The van der Waals surface area contributed by atoms with Gasteiger partial charge in [-0.3, -0.25) is 19.2 Å². The van der Waals surface area contributed by atoms with E-state index in [2.05, 4.69) is 0 Å². The van der Waals surface area contributed by atoms with Crippen LogP contribution in [-0.4, -0.2) is 23.1 Å². The average molecular weight is 344 g/mol. The van der Waals surface area contributed by atoms with Gasteiger partial charge in [0.2, 0.25) is 0 Å². The van der Waals surface area contributed by atoms with Gasteiger partial charge in [0.1, 0.15) is 0 Å². The molecule has 0 spiro atoms. The minimum Gasteiger partial charge on any atom is -0.290 e. The molecular weight excluding hydrogens is 328 g/mol. The van der Waals surface area contributed by atoms with E-state index < -0.39 is 0 Å². The smallest absolute Gasteiger partial charge is 0.194 e. The van der Waals surface area contributed by atoms with Crippen molar-refractivity contribution in [1.29, 1.82) is 0 Å². The zero-order valence-electron chi connectivity index (χ0n) is 14.4. The van der Waals surface area contributed by atoms with Gasteiger partial charge in [0.05, 0.1) is 0 Å². The van der Waals surface area contributed by atoms with Crippen LogP contribution >= 0.6 is 0 Å². The summed E-state index contributed by atoms with van der Waals surface area (Å²) in [7, 11) is 0. The zero-order valence-corrected chi connectivity index (χ0v) is 14.4. The lowest BCUT2D eigenvalue weighted by Gasteiger charge is -2.17. The van der Waals surface area contributed by atoms with Crippen LogP contribution in [0.2, 0.25) is 0 Å². The molecule has 2 aliphatic carbocycles. The van der Waals surface area contributed by atoms with Crippen LogP contribution in [0.3, 0.4) is 0 Å². The molecule has 0 atom stereocenters. The van der Waals surface area contributed by atoms with E-state index in [1.54, 1.807) is 43.3 Å². The number of aryl methyl sites for hydroxylation is 1. The number of hydrogen-bond acceptors (Lipinski definition) is 4. The molecule has 0 fully saturated rings. The van der Waals surface area contributed by atoms with Crippen LogP contribution in [0.25, 0.3) is 0 Å². The van der Waals surface area contributed by atoms with Crippen molar-refractivity contribution in [2.75, 3.05) is 0 Å². The summed E-state index contributed by atoms with van der Waals surface area (Å²) in [6.45, 7) is 3.54. The summed E-state index contributed by atoms with van der Waals surface area (Å²) in [6.07, 6.45) is 3.90. The molecule has 2 aromatic carbocycles. The lowest BCUT2D eigenvalue weighted by atomic mass is 9.83. The third kappa shape index (κ3) is 3.22. The molecule has 0 aromatic heterocycles. The Balaban J connectivity index is 0.000000185. The van der Waals surface area contributed by atoms with Crippen molar-refractivity contribution in [3.63, 3.8) is 0 Å². The molecule has 0 aliphatic heterocycles. The predicted molar refractivity (Wildman–Crippen MR) is 97.4 cm³/mol. The molecule has 0 saturated carbocycles. The van der Waals surface area contributed by atoms with Gasteiger partial charge in [-0.05, 0) is 38.1 Å².